The van der Waals surface area contributed by atoms with E-state index in [-0.39, 0.29) is 42.5 Å². The predicted octanol–water partition coefficient (Wildman–Crippen LogP) is 8.75. The van der Waals surface area contributed by atoms with Gasteiger partial charge < -0.3 is 20.3 Å². The molecule has 2 fully saturated rings. The number of alkyl halides is 1. The molecule has 15 heteroatoms. The number of nitrogens with zero attached hydrogens (tertiary/aromatic N) is 5. The fourth-order valence-corrected chi connectivity index (χ4v) is 7.05. The maximum atomic E-state index is 12.5. The third-order valence-electron chi connectivity index (χ3n) is 8.43. The number of imidazole rings is 1. The third-order valence-corrected chi connectivity index (χ3v) is 10.1. The first-order valence-electron chi connectivity index (χ1n) is 17.8. The molecule has 55 heavy (non-hydrogen) atoms. The van der Waals surface area contributed by atoms with Gasteiger partial charge in [0.15, 0.2) is 5.78 Å². The Hall–Kier alpha value is -4.31. The van der Waals surface area contributed by atoms with Crippen molar-refractivity contribution in [3.8, 4) is 0 Å². The number of nitrogens with two attached hydrogens (primary N) is 1. The van der Waals surface area contributed by atoms with Crippen molar-refractivity contribution >= 4 is 77.2 Å². The minimum absolute atomic E-state index is 0.0323. The number of ketones is 1. The summed E-state index contributed by atoms with van der Waals surface area (Å²) in [5.74, 6) is 0.577. The molecule has 0 spiro atoms. The number of rotatable bonds is 7. The van der Waals surface area contributed by atoms with Crippen molar-refractivity contribution in [3.63, 3.8) is 0 Å². The zero-order chi connectivity index (χ0) is 39.6. The number of halogens is 3. The van der Waals surface area contributed by atoms with Crippen LogP contribution in [0, 0.1) is 0 Å². The second-order valence-electron chi connectivity index (χ2n) is 12.3. The normalized spacial score (nSPS) is 15.8. The van der Waals surface area contributed by atoms with Gasteiger partial charge in [0.2, 0.25) is 0 Å². The number of hydrogen-bond acceptors (Lipinski definition) is 9. The number of ether oxygens (including phenoxy) is 2. The smallest absolute Gasteiger partial charge is 0.410 e. The summed E-state index contributed by atoms with van der Waals surface area (Å²) >= 11 is 9.85. The average Bonchev–Trinajstić information content (AvgIpc) is 3.98. The fourth-order valence-electron chi connectivity index (χ4n) is 5.89. The van der Waals surface area contributed by atoms with Crippen LogP contribution in [0.3, 0.4) is 0 Å². The first-order chi connectivity index (χ1) is 26.6. The Bertz CT molecular complexity index is 1930. The van der Waals surface area contributed by atoms with E-state index < -0.39 is 6.09 Å². The summed E-state index contributed by atoms with van der Waals surface area (Å²) in [6.45, 7) is 3.76. The summed E-state index contributed by atoms with van der Waals surface area (Å²) in [5.41, 5.74) is 9.02. The maximum Gasteiger partial charge on any atom is 0.410 e. The largest absolute Gasteiger partial charge is 0.445 e. The Kier molecular flexibility index (Phi) is 18.1. The van der Waals surface area contributed by atoms with E-state index in [2.05, 4.69) is 52.8 Å². The molecule has 5 aromatic rings. The third kappa shape index (κ3) is 13.4. The van der Waals surface area contributed by atoms with Gasteiger partial charge in [-0.1, -0.05) is 88.7 Å². The van der Waals surface area contributed by atoms with Crippen molar-refractivity contribution in [2.45, 2.75) is 57.9 Å². The monoisotopic (exact) mass is 942 g/mol. The SMILES string of the molecule is CCO.Nc1cccc(Br)n1.O=C(CBr)[C@@H]1CCCN1C(=O)OCc1ccccc1.O=C(OCc1ccccc1)N1CCC[C@H]1c1cn2c(Br)cccc2n1. The number of anilines is 1. The second kappa shape index (κ2) is 22.9. The van der Waals surface area contributed by atoms with Gasteiger partial charge in [0, 0.05) is 25.9 Å². The summed E-state index contributed by atoms with van der Waals surface area (Å²) in [7, 11) is 0. The molecule has 2 saturated heterocycles. The van der Waals surface area contributed by atoms with Gasteiger partial charge >= 0.3 is 12.2 Å². The lowest BCUT2D eigenvalue weighted by Crippen LogP contribution is -2.41. The second-order valence-corrected chi connectivity index (χ2v) is 14.5. The summed E-state index contributed by atoms with van der Waals surface area (Å²) < 4.78 is 14.5. The molecule has 3 N–H and O–H groups in total. The molecule has 292 valence electrons. The zero-order valence-electron chi connectivity index (χ0n) is 30.5. The van der Waals surface area contributed by atoms with Gasteiger partial charge in [-0.25, -0.2) is 19.6 Å². The van der Waals surface area contributed by atoms with Crippen molar-refractivity contribution in [3.05, 3.63) is 129 Å². The highest BCUT2D eigenvalue weighted by molar-refractivity contribution is 9.10. The molecule has 2 aliphatic heterocycles. The Balaban J connectivity index is 0.000000197. The van der Waals surface area contributed by atoms with Crippen molar-refractivity contribution in [1.29, 1.82) is 0 Å². The number of carbonyl (C=O) groups excluding carboxylic acids is 3. The van der Waals surface area contributed by atoms with Crippen LogP contribution in [0.1, 0.15) is 55.5 Å². The molecule has 0 saturated carbocycles. The number of hydrogen-bond donors (Lipinski definition) is 2. The molecule has 2 atom stereocenters. The first kappa shape index (κ1) is 43.4. The Morgan fingerprint density at radius 2 is 1.35 bits per heavy atom. The number of aliphatic hydroxyl groups is 1. The number of nitrogen functional groups attached to an aromatic ring is 1. The lowest BCUT2D eigenvalue weighted by atomic mass is 10.1. The summed E-state index contributed by atoms with van der Waals surface area (Å²) in [5, 5.41) is 7.85. The van der Waals surface area contributed by atoms with Gasteiger partial charge in [0.05, 0.1) is 27.7 Å². The summed E-state index contributed by atoms with van der Waals surface area (Å²) in [4.78, 5) is 48.1. The molecular formula is C40H45Br3N6O6. The van der Waals surface area contributed by atoms with E-state index in [4.69, 9.17) is 25.3 Å². The highest BCUT2D eigenvalue weighted by Crippen LogP contribution is 2.33. The van der Waals surface area contributed by atoms with E-state index in [1.165, 1.54) is 4.90 Å². The summed E-state index contributed by atoms with van der Waals surface area (Å²) in [6, 6.07) is 30.2. The molecule has 3 aromatic heterocycles. The Morgan fingerprint density at radius 3 is 1.89 bits per heavy atom. The van der Waals surface area contributed by atoms with Gasteiger partial charge in [0.1, 0.15) is 29.3 Å². The number of likely N-dealkylation sites (tertiary alicyclic amines) is 2. The van der Waals surface area contributed by atoms with Crippen molar-refractivity contribution in [2.24, 2.45) is 0 Å². The molecule has 0 bridgehead atoms. The van der Waals surface area contributed by atoms with E-state index in [1.807, 2.05) is 102 Å². The first-order valence-corrected chi connectivity index (χ1v) is 20.5. The van der Waals surface area contributed by atoms with Crippen LogP contribution in [0.15, 0.2) is 112 Å². The topological polar surface area (TPSA) is 153 Å². The van der Waals surface area contributed by atoms with Crippen LogP contribution >= 0.6 is 47.8 Å². The molecule has 2 aliphatic rings. The number of fused-ring (bicyclic) bond motifs is 1. The molecule has 2 amide bonds. The molecule has 2 aromatic carbocycles. The minimum atomic E-state index is -0.402. The molecule has 0 aliphatic carbocycles. The predicted molar refractivity (Wildman–Crippen MR) is 222 cm³/mol. The molecular weight excluding hydrogens is 900 g/mol. The van der Waals surface area contributed by atoms with Crippen LogP contribution in [0.2, 0.25) is 0 Å². The number of Topliss-reactive ketones (excluding diaryl/α,β-unsaturated/α-hetero) is 1. The molecule has 0 unspecified atom stereocenters. The van der Waals surface area contributed by atoms with Gasteiger partial charge in [-0.3, -0.25) is 19.0 Å². The van der Waals surface area contributed by atoms with E-state index >= 15 is 0 Å². The van der Waals surface area contributed by atoms with Crippen LogP contribution in [-0.4, -0.2) is 78.3 Å². The van der Waals surface area contributed by atoms with Gasteiger partial charge in [0.25, 0.3) is 0 Å². The maximum absolute atomic E-state index is 12.5. The van der Waals surface area contributed by atoms with Crippen molar-refractivity contribution in [1.82, 2.24) is 24.2 Å². The number of benzene rings is 2. The van der Waals surface area contributed by atoms with Crippen LogP contribution in [0.4, 0.5) is 15.4 Å². The highest BCUT2D eigenvalue weighted by Gasteiger charge is 2.34. The van der Waals surface area contributed by atoms with Crippen molar-refractivity contribution in [2.75, 3.05) is 30.8 Å². The number of aromatic nitrogens is 3. The summed E-state index contributed by atoms with van der Waals surface area (Å²) in [6.07, 6.45) is 4.76. The fraction of sp³-hybridized carbons (Fsp3) is 0.325. The van der Waals surface area contributed by atoms with Crippen LogP contribution in [0.5, 0.6) is 0 Å². The average molecular weight is 946 g/mol. The van der Waals surface area contributed by atoms with Crippen LogP contribution < -0.4 is 5.73 Å². The quantitative estimate of drug-likeness (QED) is 0.121. The Labute approximate surface area is 346 Å². The van der Waals surface area contributed by atoms with Gasteiger partial charge in [-0.2, -0.15) is 0 Å². The Morgan fingerprint density at radius 1 is 0.782 bits per heavy atom. The highest BCUT2D eigenvalue weighted by atomic mass is 79.9. The lowest BCUT2D eigenvalue weighted by Gasteiger charge is -2.22. The van der Waals surface area contributed by atoms with E-state index in [9.17, 15) is 14.4 Å². The minimum Gasteiger partial charge on any atom is -0.445 e. The van der Waals surface area contributed by atoms with Gasteiger partial charge in [-0.15, -0.1) is 0 Å². The number of carbonyl (C=O) groups is 3. The van der Waals surface area contributed by atoms with Crippen LogP contribution in [0.25, 0.3) is 5.65 Å². The number of amides is 2. The number of pyridine rings is 2. The van der Waals surface area contributed by atoms with Crippen LogP contribution in [-0.2, 0) is 27.5 Å². The van der Waals surface area contributed by atoms with Crippen molar-refractivity contribution < 1.29 is 29.0 Å². The van der Waals surface area contributed by atoms with E-state index in [0.717, 1.165) is 57.4 Å². The van der Waals surface area contributed by atoms with E-state index in [1.54, 1.807) is 17.9 Å². The zero-order valence-corrected chi connectivity index (χ0v) is 35.2. The molecule has 0 radical (unpaired) electrons. The number of aliphatic hydroxyl groups excluding tert-OH is 1. The lowest BCUT2D eigenvalue weighted by molar-refractivity contribution is -0.120. The standard InChI is InChI=1S/C19H18BrN3O2.C14H16BrNO3.C5H5BrN2.C2H6O/c20-17-9-4-10-18-21-15(12-23(17)18)16-8-5-11-22(16)19(24)25-13-14-6-2-1-3-7-14;15-9-13(17)12-7-4-8-16(12)14(18)19-10-11-5-2-1-3-6-11;6-4-2-1-3-5(7)8-4;1-2-3/h1-4,6-7,9-10,12,16H,5,8,11,13H2;1-3,5-6,12H,4,7-10H2;1-3H,(H2,7,8);3H,2H2,1H3/t16-;12-;;/m00../s1. The molecule has 5 heterocycles. The van der Waals surface area contributed by atoms with E-state index in [0.29, 0.717) is 25.5 Å². The van der Waals surface area contributed by atoms with Gasteiger partial charge in [-0.05, 0) is 99.9 Å². The molecule has 7 rings (SSSR count). The molecule has 12 nitrogen and oxygen atoms in total.